The van der Waals surface area contributed by atoms with Gasteiger partial charge in [-0.05, 0) is 44.9 Å². The van der Waals surface area contributed by atoms with Crippen LogP contribution in [-0.2, 0) is 6.54 Å². The van der Waals surface area contributed by atoms with Crippen LogP contribution >= 0.6 is 11.3 Å². The second-order valence-electron chi connectivity index (χ2n) is 8.35. The molecule has 0 amide bonds. The van der Waals surface area contributed by atoms with Crippen LogP contribution in [0.15, 0.2) is 5.38 Å². The first-order valence-corrected chi connectivity index (χ1v) is 8.97. The molecular weight excluding hydrogens is 278 g/mol. The van der Waals surface area contributed by atoms with Gasteiger partial charge in [0.1, 0.15) is 0 Å². The molecule has 0 aliphatic carbocycles. The average molecular weight is 310 g/mol. The largest absolute Gasteiger partial charge is 0.348 e. The third-order valence-corrected chi connectivity index (χ3v) is 5.28. The molecule has 120 valence electrons. The Balaban J connectivity index is 1.88. The number of hydrogen-bond donors (Lipinski definition) is 1. The van der Waals surface area contributed by atoms with Gasteiger partial charge in [-0.3, -0.25) is 0 Å². The summed E-state index contributed by atoms with van der Waals surface area (Å²) in [4.78, 5) is 7.27. The summed E-state index contributed by atoms with van der Waals surface area (Å²) in [5, 5.41) is 6.91. The highest BCUT2D eigenvalue weighted by Crippen LogP contribution is 2.36. The molecule has 1 N–H and O–H groups in total. The fourth-order valence-corrected chi connectivity index (χ4v) is 3.69. The van der Waals surface area contributed by atoms with Gasteiger partial charge in [0.15, 0.2) is 5.13 Å². The van der Waals surface area contributed by atoms with Gasteiger partial charge in [-0.2, -0.15) is 0 Å². The second-order valence-corrected chi connectivity index (χ2v) is 9.19. The lowest BCUT2D eigenvalue weighted by atomic mass is 9.75. The van der Waals surface area contributed by atoms with Gasteiger partial charge in [-0.15, -0.1) is 11.3 Å². The van der Waals surface area contributed by atoms with Gasteiger partial charge in [0.25, 0.3) is 0 Å². The van der Waals surface area contributed by atoms with Gasteiger partial charge in [-0.1, -0.05) is 20.8 Å². The first-order valence-electron chi connectivity index (χ1n) is 8.09. The summed E-state index contributed by atoms with van der Waals surface area (Å²) in [7, 11) is 0. The fraction of sp³-hybridized carbons (Fsp3) is 0.824. The molecule has 0 unspecified atom stereocenters. The maximum Gasteiger partial charge on any atom is 0.185 e. The van der Waals surface area contributed by atoms with Crippen LogP contribution in [0.3, 0.4) is 0 Å². The van der Waals surface area contributed by atoms with Crippen molar-refractivity contribution in [2.24, 2.45) is 11.3 Å². The first-order chi connectivity index (χ1) is 9.65. The first kappa shape index (κ1) is 16.8. The van der Waals surface area contributed by atoms with E-state index in [9.17, 15) is 0 Å². The third-order valence-electron chi connectivity index (χ3n) is 4.33. The molecule has 0 atom stereocenters. The minimum Gasteiger partial charge on any atom is -0.348 e. The molecule has 0 bridgehead atoms. The summed E-state index contributed by atoms with van der Waals surface area (Å²) in [6, 6.07) is 0. The zero-order valence-electron chi connectivity index (χ0n) is 14.5. The van der Waals surface area contributed by atoms with Crippen molar-refractivity contribution in [3.8, 4) is 0 Å². The molecule has 1 fully saturated rings. The summed E-state index contributed by atoms with van der Waals surface area (Å²) >= 11 is 1.79. The Morgan fingerprint density at radius 3 is 2.33 bits per heavy atom. The molecule has 0 saturated carbocycles. The van der Waals surface area contributed by atoms with Crippen LogP contribution in [0, 0.1) is 11.3 Å². The summed E-state index contributed by atoms with van der Waals surface area (Å²) in [6.45, 7) is 16.8. The molecule has 0 aromatic carbocycles. The minimum atomic E-state index is 0.148. The minimum absolute atomic E-state index is 0.148. The number of aromatic nitrogens is 1. The van der Waals surface area contributed by atoms with E-state index in [-0.39, 0.29) is 5.54 Å². The van der Waals surface area contributed by atoms with Crippen LogP contribution in [0.25, 0.3) is 0 Å². The summed E-state index contributed by atoms with van der Waals surface area (Å²) in [6.07, 6.45) is 2.58. The lowest BCUT2D eigenvalue weighted by Gasteiger charge is -2.38. The van der Waals surface area contributed by atoms with Crippen LogP contribution < -0.4 is 10.2 Å². The maximum atomic E-state index is 4.81. The van der Waals surface area contributed by atoms with E-state index in [1.807, 2.05) is 0 Å². The van der Waals surface area contributed by atoms with E-state index in [4.69, 9.17) is 4.98 Å². The Morgan fingerprint density at radius 1 is 1.19 bits per heavy atom. The molecule has 1 aliphatic rings. The Labute approximate surface area is 134 Å². The quantitative estimate of drug-likeness (QED) is 0.902. The average Bonchev–Trinajstić information content (AvgIpc) is 2.83. The van der Waals surface area contributed by atoms with Crippen LogP contribution in [0.1, 0.15) is 60.1 Å². The van der Waals surface area contributed by atoms with E-state index >= 15 is 0 Å². The van der Waals surface area contributed by atoms with Crippen molar-refractivity contribution in [1.82, 2.24) is 10.3 Å². The number of thiazole rings is 1. The van der Waals surface area contributed by atoms with Gasteiger partial charge in [0.05, 0.1) is 5.69 Å². The van der Waals surface area contributed by atoms with Crippen molar-refractivity contribution in [3.63, 3.8) is 0 Å². The standard InChI is InChI=1S/C17H31N3S/c1-16(2,3)13-7-9-20(10-8-13)15-19-14(12-21-15)11-18-17(4,5)6/h12-13,18H,7-11H2,1-6H3. The van der Waals surface area contributed by atoms with Gasteiger partial charge >= 0.3 is 0 Å². The van der Waals surface area contributed by atoms with Gasteiger partial charge in [0.2, 0.25) is 0 Å². The predicted octanol–water partition coefficient (Wildman–Crippen LogP) is 4.29. The van der Waals surface area contributed by atoms with Gasteiger partial charge in [-0.25, -0.2) is 4.98 Å². The van der Waals surface area contributed by atoms with Gasteiger partial charge < -0.3 is 10.2 Å². The zero-order chi connectivity index (χ0) is 15.7. The van der Waals surface area contributed by atoms with E-state index in [1.54, 1.807) is 11.3 Å². The van der Waals surface area contributed by atoms with Crippen molar-refractivity contribution >= 4 is 16.5 Å². The molecule has 3 nitrogen and oxygen atoms in total. The molecule has 0 radical (unpaired) electrons. The van der Waals surface area contributed by atoms with Crippen molar-refractivity contribution in [2.45, 2.75) is 66.5 Å². The lowest BCUT2D eigenvalue weighted by Crippen LogP contribution is -2.38. The third kappa shape index (κ3) is 4.96. The molecule has 1 aromatic rings. The van der Waals surface area contributed by atoms with Crippen molar-refractivity contribution in [1.29, 1.82) is 0 Å². The molecule has 21 heavy (non-hydrogen) atoms. The van der Waals surface area contributed by atoms with E-state index in [0.717, 1.165) is 25.6 Å². The molecule has 4 heteroatoms. The van der Waals surface area contributed by atoms with E-state index in [2.05, 4.69) is 57.1 Å². The second kappa shape index (κ2) is 6.25. The van der Waals surface area contributed by atoms with Crippen LogP contribution in [0.5, 0.6) is 0 Å². The van der Waals surface area contributed by atoms with E-state index < -0.39 is 0 Å². The number of nitrogens with zero attached hydrogens (tertiary/aromatic N) is 2. The Hall–Kier alpha value is -0.610. The fourth-order valence-electron chi connectivity index (χ4n) is 2.82. The van der Waals surface area contributed by atoms with Crippen molar-refractivity contribution in [3.05, 3.63) is 11.1 Å². The molecular formula is C17H31N3S. The van der Waals surface area contributed by atoms with Crippen LogP contribution in [0.2, 0.25) is 0 Å². The molecule has 2 heterocycles. The topological polar surface area (TPSA) is 28.2 Å². The molecule has 0 spiro atoms. The number of anilines is 1. The summed E-state index contributed by atoms with van der Waals surface area (Å²) < 4.78 is 0. The maximum absolute atomic E-state index is 4.81. The molecule has 2 rings (SSSR count). The van der Waals surface area contributed by atoms with Crippen LogP contribution in [0.4, 0.5) is 5.13 Å². The Morgan fingerprint density at radius 2 is 1.81 bits per heavy atom. The number of piperidine rings is 1. The van der Waals surface area contributed by atoms with E-state index in [1.165, 1.54) is 23.7 Å². The highest BCUT2D eigenvalue weighted by Gasteiger charge is 2.29. The number of nitrogens with one attached hydrogen (secondary N) is 1. The SMILES string of the molecule is CC(C)(C)NCc1csc(N2CCC(C(C)(C)C)CC2)n1. The monoisotopic (exact) mass is 309 g/mol. The summed E-state index contributed by atoms with van der Waals surface area (Å²) in [5.74, 6) is 0.843. The van der Waals surface area contributed by atoms with Crippen molar-refractivity contribution < 1.29 is 0 Å². The highest BCUT2D eigenvalue weighted by molar-refractivity contribution is 7.13. The predicted molar refractivity (Wildman–Crippen MR) is 93.1 cm³/mol. The zero-order valence-corrected chi connectivity index (χ0v) is 15.3. The summed E-state index contributed by atoms with van der Waals surface area (Å²) in [5.41, 5.74) is 1.76. The molecule has 1 saturated heterocycles. The van der Waals surface area contributed by atoms with Crippen molar-refractivity contribution in [2.75, 3.05) is 18.0 Å². The Kier molecular flexibility index (Phi) is 4.99. The normalized spacial score (nSPS) is 18.3. The highest BCUT2D eigenvalue weighted by atomic mass is 32.1. The smallest absolute Gasteiger partial charge is 0.185 e. The Bertz CT molecular complexity index is 445. The molecule has 1 aliphatic heterocycles. The number of hydrogen-bond acceptors (Lipinski definition) is 4. The van der Waals surface area contributed by atoms with E-state index in [0.29, 0.717) is 5.41 Å². The molecule has 1 aromatic heterocycles. The van der Waals surface area contributed by atoms with Crippen LogP contribution in [-0.4, -0.2) is 23.6 Å². The van der Waals surface area contributed by atoms with Gasteiger partial charge in [0, 0.05) is 30.6 Å². The number of rotatable bonds is 3. The lowest BCUT2D eigenvalue weighted by molar-refractivity contribution is 0.199.